The zero-order valence-electron chi connectivity index (χ0n) is 13.2. The Morgan fingerprint density at radius 3 is 2.68 bits per heavy atom. The van der Waals surface area contributed by atoms with E-state index >= 15 is 0 Å². The molecule has 1 N–H and O–H groups in total. The van der Waals surface area contributed by atoms with Crippen LogP contribution in [0.4, 0.5) is 18.9 Å². The first-order valence-electron chi connectivity index (χ1n) is 7.55. The number of halogens is 3. The fourth-order valence-electron chi connectivity index (χ4n) is 2.36. The quantitative estimate of drug-likeness (QED) is 0.717. The van der Waals surface area contributed by atoms with Crippen LogP contribution in [0.15, 0.2) is 29.2 Å². The Labute approximate surface area is 148 Å². The molecule has 1 saturated heterocycles. The van der Waals surface area contributed by atoms with Crippen LogP contribution >= 0.6 is 11.8 Å². The van der Waals surface area contributed by atoms with E-state index in [2.05, 4.69) is 5.32 Å². The van der Waals surface area contributed by atoms with Crippen LogP contribution in [0.3, 0.4) is 0 Å². The number of para-hydroxylation sites is 1. The minimum Gasteiger partial charge on any atom is -0.377 e. The van der Waals surface area contributed by atoms with Crippen LogP contribution in [0.1, 0.15) is 12.8 Å². The molecule has 140 valence electrons. The second kappa shape index (κ2) is 8.41. The van der Waals surface area contributed by atoms with Crippen molar-refractivity contribution in [2.24, 2.45) is 0 Å². The third kappa shape index (κ3) is 7.25. The number of alkyl halides is 3. The molecule has 0 unspecified atom stereocenters. The van der Waals surface area contributed by atoms with Gasteiger partial charge in [0.2, 0.25) is 5.91 Å². The predicted molar refractivity (Wildman–Crippen MR) is 89.5 cm³/mol. The lowest BCUT2D eigenvalue weighted by Gasteiger charge is -2.13. The van der Waals surface area contributed by atoms with Crippen molar-refractivity contribution in [2.45, 2.75) is 30.0 Å². The zero-order valence-corrected chi connectivity index (χ0v) is 14.8. The highest BCUT2D eigenvalue weighted by atomic mass is 32.2. The Kier molecular flexibility index (Phi) is 6.75. The molecule has 0 bridgehead atoms. The fraction of sp³-hybridized carbons (Fsp3) is 0.533. The van der Waals surface area contributed by atoms with Gasteiger partial charge in [0.25, 0.3) is 0 Å². The normalized spacial score (nSPS) is 18.3. The molecule has 1 aliphatic heterocycles. The van der Waals surface area contributed by atoms with E-state index in [-0.39, 0.29) is 16.3 Å². The van der Waals surface area contributed by atoms with Crippen molar-refractivity contribution in [3.63, 3.8) is 0 Å². The summed E-state index contributed by atoms with van der Waals surface area (Å²) in [5.74, 6) is -2.84. The number of anilines is 1. The summed E-state index contributed by atoms with van der Waals surface area (Å²) in [5.41, 5.74) is 0.161. The highest BCUT2D eigenvalue weighted by Crippen LogP contribution is 2.32. The van der Waals surface area contributed by atoms with Crippen LogP contribution in [-0.2, 0) is 19.4 Å². The van der Waals surface area contributed by atoms with Gasteiger partial charge in [-0.1, -0.05) is 12.1 Å². The number of ether oxygens (including phenoxy) is 1. The molecule has 1 aromatic carbocycles. The van der Waals surface area contributed by atoms with Gasteiger partial charge in [0.15, 0.2) is 9.84 Å². The Morgan fingerprint density at radius 2 is 2.04 bits per heavy atom. The molecular formula is C15H18F3NO4S2. The number of thioether (sulfide) groups is 1. The standard InChI is InChI=1S/C15H18F3NO4S2/c16-15(17,18)10-24-13-6-2-1-5-12(13)19-14(20)9-25(21,22)8-11-4-3-7-23-11/h1-2,5-6,11H,3-4,7-10H2,(H,19,20)/t11-/m0/s1. The van der Waals surface area contributed by atoms with Crippen molar-refractivity contribution in [3.05, 3.63) is 24.3 Å². The molecule has 0 aromatic heterocycles. The first kappa shape index (κ1) is 20.1. The van der Waals surface area contributed by atoms with E-state index in [1.54, 1.807) is 12.1 Å². The Morgan fingerprint density at radius 1 is 1.32 bits per heavy atom. The number of hydrogen-bond donors (Lipinski definition) is 1. The molecule has 1 aromatic rings. The molecule has 0 radical (unpaired) electrons. The molecule has 1 fully saturated rings. The number of rotatable bonds is 7. The fourth-order valence-corrected chi connectivity index (χ4v) is 4.55. The highest BCUT2D eigenvalue weighted by Gasteiger charge is 2.28. The Hall–Kier alpha value is -1.26. The van der Waals surface area contributed by atoms with Crippen LogP contribution in [0.2, 0.25) is 0 Å². The lowest BCUT2D eigenvalue weighted by Crippen LogP contribution is -2.29. The molecule has 0 aliphatic carbocycles. The summed E-state index contributed by atoms with van der Waals surface area (Å²) >= 11 is 0.531. The average Bonchev–Trinajstić information content (AvgIpc) is 2.96. The number of carbonyl (C=O) groups is 1. The maximum Gasteiger partial charge on any atom is 0.398 e. The monoisotopic (exact) mass is 397 g/mol. The Bertz CT molecular complexity index is 701. The summed E-state index contributed by atoms with van der Waals surface area (Å²) in [7, 11) is -3.66. The third-order valence-corrected chi connectivity index (χ3v) is 6.09. The molecule has 5 nitrogen and oxygen atoms in total. The molecule has 1 amide bonds. The van der Waals surface area contributed by atoms with E-state index in [9.17, 15) is 26.4 Å². The van der Waals surface area contributed by atoms with Gasteiger partial charge in [-0.2, -0.15) is 13.2 Å². The number of benzene rings is 1. The van der Waals surface area contributed by atoms with Crippen molar-refractivity contribution < 1.29 is 31.1 Å². The molecule has 1 atom stereocenters. The van der Waals surface area contributed by atoms with Crippen LogP contribution in [0.5, 0.6) is 0 Å². The predicted octanol–water partition coefficient (Wildman–Crippen LogP) is 2.87. The Balaban J connectivity index is 1.95. The lowest BCUT2D eigenvalue weighted by atomic mass is 10.3. The second-order valence-electron chi connectivity index (χ2n) is 5.64. The topological polar surface area (TPSA) is 72.5 Å². The smallest absolute Gasteiger partial charge is 0.377 e. The summed E-state index contributed by atoms with van der Waals surface area (Å²) in [4.78, 5) is 12.2. The van der Waals surface area contributed by atoms with E-state index in [1.165, 1.54) is 12.1 Å². The molecule has 0 saturated carbocycles. The first-order valence-corrected chi connectivity index (χ1v) is 10.4. The summed E-state index contributed by atoms with van der Waals surface area (Å²) in [5, 5.41) is 2.38. The number of sulfone groups is 1. The minimum atomic E-state index is -4.34. The molecule has 10 heteroatoms. The molecule has 25 heavy (non-hydrogen) atoms. The van der Waals surface area contributed by atoms with E-state index in [1.807, 2.05) is 0 Å². The molecular weight excluding hydrogens is 379 g/mol. The van der Waals surface area contributed by atoms with Crippen LogP contribution in [-0.4, -0.2) is 50.5 Å². The van der Waals surface area contributed by atoms with Gasteiger partial charge in [-0.15, -0.1) is 11.8 Å². The molecule has 0 spiro atoms. The summed E-state index contributed by atoms with van der Waals surface area (Å²) in [6.07, 6.45) is -3.31. The number of hydrogen-bond acceptors (Lipinski definition) is 5. The summed E-state index contributed by atoms with van der Waals surface area (Å²) in [6.45, 7) is 0.510. The largest absolute Gasteiger partial charge is 0.398 e. The van der Waals surface area contributed by atoms with E-state index in [0.29, 0.717) is 24.8 Å². The molecule has 2 rings (SSSR count). The van der Waals surface area contributed by atoms with Gasteiger partial charge < -0.3 is 10.1 Å². The van der Waals surface area contributed by atoms with Crippen molar-refractivity contribution >= 4 is 33.2 Å². The lowest BCUT2D eigenvalue weighted by molar-refractivity contribution is -0.114. The van der Waals surface area contributed by atoms with Crippen LogP contribution in [0, 0.1) is 0 Å². The molecule has 1 heterocycles. The van der Waals surface area contributed by atoms with E-state index in [0.717, 1.165) is 6.42 Å². The van der Waals surface area contributed by atoms with Crippen molar-refractivity contribution in [2.75, 3.05) is 29.2 Å². The number of carbonyl (C=O) groups excluding carboxylic acids is 1. The maximum atomic E-state index is 12.4. The van der Waals surface area contributed by atoms with Crippen molar-refractivity contribution in [1.29, 1.82) is 0 Å². The van der Waals surface area contributed by atoms with Gasteiger partial charge in [-0.05, 0) is 25.0 Å². The van der Waals surface area contributed by atoms with Gasteiger partial charge in [0.05, 0.1) is 23.3 Å². The first-order chi connectivity index (χ1) is 11.6. The van der Waals surface area contributed by atoms with Crippen LogP contribution < -0.4 is 5.32 Å². The number of amides is 1. The van der Waals surface area contributed by atoms with E-state index < -0.39 is 39.5 Å². The van der Waals surface area contributed by atoms with Gasteiger partial charge in [-0.25, -0.2) is 8.42 Å². The average molecular weight is 397 g/mol. The van der Waals surface area contributed by atoms with Gasteiger partial charge >= 0.3 is 6.18 Å². The number of nitrogens with one attached hydrogen (secondary N) is 1. The van der Waals surface area contributed by atoms with Crippen molar-refractivity contribution in [1.82, 2.24) is 0 Å². The summed E-state index contributed by atoms with van der Waals surface area (Å²) in [6, 6.07) is 5.97. The molecule has 1 aliphatic rings. The van der Waals surface area contributed by atoms with Gasteiger partial charge in [0.1, 0.15) is 5.75 Å². The van der Waals surface area contributed by atoms with Gasteiger partial charge in [0, 0.05) is 11.5 Å². The highest BCUT2D eigenvalue weighted by molar-refractivity contribution is 7.99. The van der Waals surface area contributed by atoms with Gasteiger partial charge in [-0.3, -0.25) is 4.79 Å². The third-order valence-electron chi connectivity index (χ3n) is 3.37. The van der Waals surface area contributed by atoms with Crippen LogP contribution in [0.25, 0.3) is 0 Å². The van der Waals surface area contributed by atoms with E-state index in [4.69, 9.17) is 4.74 Å². The SMILES string of the molecule is O=C(CS(=O)(=O)C[C@@H]1CCCO1)Nc1ccccc1SCC(F)(F)F. The van der Waals surface area contributed by atoms with Crippen molar-refractivity contribution in [3.8, 4) is 0 Å². The minimum absolute atomic E-state index is 0.161. The summed E-state index contributed by atoms with van der Waals surface area (Å²) < 4.78 is 66.4. The zero-order chi connectivity index (χ0) is 18.5. The maximum absolute atomic E-state index is 12.4. The second-order valence-corrected chi connectivity index (χ2v) is 8.76.